The van der Waals surface area contributed by atoms with E-state index in [0.717, 1.165) is 67.3 Å². The first-order valence-corrected chi connectivity index (χ1v) is 18.9. The second kappa shape index (κ2) is 12.6. The van der Waals surface area contributed by atoms with Crippen LogP contribution in [0.25, 0.3) is 11.1 Å². The van der Waals surface area contributed by atoms with Crippen LogP contribution < -0.4 is 10.6 Å². The molecule has 2 heterocycles. The van der Waals surface area contributed by atoms with Crippen LogP contribution in [0.3, 0.4) is 0 Å². The molecule has 2 aliphatic carbocycles. The highest BCUT2D eigenvalue weighted by Crippen LogP contribution is 2.51. The predicted molar refractivity (Wildman–Crippen MR) is 164 cm³/mol. The fourth-order valence-corrected chi connectivity index (χ4v) is 6.24. The molecule has 2 aromatic heterocycles. The van der Waals surface area contributed by atoms with Gasteiger partial charge in [0.1, 0.15) is 24.2 Å². The summed E-state index contributed by atoms with van der Waals surface area (Å²) in [5, 5.41) is 10.6. The molecule has 226 valence electrons. The molecular weight excluding hydrogens is 534 g/mol. The fourth-order valence-electron chi connectivity index (χ4n) is 5.48. The van der Waals surface area contributed by atoms with E-state index in [1.54, 1.807) is 6.20 Å². The molecule has 0 radical (unpaired) electrons. The summed E-state index contributed by atoms with van der Waals surface area (Å²) in [6.07, 6.45) is 6.44. The van der Waals surface area contributed by atoms with E-state index < -0.39 is 25.8 Å². The number of hydrogen-bond donors (Lipinski definition) is 2. The molecule has 10 heteroatoms. The zero-order chi connectivity index (χ0) is 29.9. The molecule has 2 aromatic rings. The highest BCUT2D eigenvalue weighted by molar-refractivity contribution is 6.76. The summed E-state index contributed by atoms with van der Waals surface area (Å²) in [6.45, 7) is 17.8. The van der Waals surface area contributed by atoms with Crippen LogP contribution in [0, 0.1) is 24.7 Å². The molecule has 41 heavy (non-hydrogen) atoms. The van der Waals surface area contributed by atoms with E-state index in [-0.39, 0.29) is 11.8 Å². The zero-order valence-electron chi connectivity index (χ0n) is 26.2. The lowest BCUT2D eigenvalue weighted by molar-refractivity contribution is -0.120. The van der Waals surface area contributed by atoms with E-state index in [0.29, 0.717) is 24.4 Å². The summed E-state index contributed by atoms with van der Waals surface area (Å²) in [4.78, 5) is 30.9. The lowest BCUT2D eigenvalue weighted by atomic mass is 9.89. The number of aromatic nitrogens is 3. The maximum Gasteiger partial charge on any atom is 0.408 e. The van der Waals surface area contributed by atoms with E-state index in [4.69, 9.17) is 14.6 Å². The molecule has 9 nitrogen and oxygen atoms in total. The molecule has 0 spiro atoms. The van der Waals surface area contributed by atoms with Crippen molar-refractivity contribution < 1.29 is 19.1 Å². The van der Waals surface area contributed by atoms with Crippen molar-refractivity contribution in [3.8, 4) is 11.1 Å². The zero-order valence-corrected chi connectivity index (χ0v) is 27.2. The van der Waals surface area contributed by atoms with Crippen molar-refractivity contribution in [2.75, 3.05) is 11.9 Å². The van der Waals surface area contributed by atoms with Gasteiger partial charge in [-0.25, -0.2) is 14.5 Å². The van der Waals surface area contributed by atoms with Gasteiger partial charge in [-0.1, -0.05) is 26.6 Å². The third-order valence-corrected chi connectivity index (χ3v) is 9.46. The van der Waals surface area contributed by atoms with Crippen LogP contribution in [-0.2, 0) is 27.4 Å². The Kier molecular flexibility index (Phi) is 9.63. The van der Waals surface area contributed by atoms with Crippen LogP contribution in [0.2, 0.25) is 25.7 Å². The Morgan fingerprint density at radius 2 is 1.78 bits per heavy atom. The van der Waals surface area contributed by atoms with Crippen LogP contribution in [-0.4, -0.2) is 53.1 Å². The molecule has 4 rings (SSSR count). The first-order valence-electron chi connectivity index (χ1n) is 15.2. The van der Waals surface area contributed by atoms with Crippen LogP contribution >= 0.6 is 0 Å². The van der Waals surface area contributed by atoms with Gasteiger partial charge in [-0.2, -0.15) is 5.10 Å². The minimum Gasteiger partial charge on any atom is -0.444 e. The van der Waals surface area contributed by atoms with Crippen LogP contribution in [0.5, 0.6) is 0 Å². The van der Waals surface area contributed by atoms with Crippen molar-refractivity contribution in [2.24, 2.45) is 17.8 Å². The molecule has 2 amide bonds. The summed E-state index contributed by atoms with van der Waals surface area (Å²) in [5.74, 6) is 1.27. The van der Waals surface area contributed by atoms with Crippen molar-refractivity contribution >= 4 is 25.9 Å². The lowest BCUT2D eigenvalue weighted by Gasteiger charge is -2.29. The summed E-state index contributed by atoms with van der Waals surface area (Å²) in [5.41, 5.74) is 3.39. The average molecular weight is 584 g/mol. The molecular formula is C31H49N5O4Si. The Morgan fingerprint density at radius 1 is 1.12 bits per heavy atom. The normalized spacial score (nSPS) is 16.5. The fraction of sp³-hybridized carbons (Fsp3) is 0.677. The molecule has 1 atom stereocenters. The molecule has 2 aliphatic rings. The van der Waals surface area contributed by atoms with Gasteiger partial charge in [-0.3, -0.25) is 4.79 Å². The first-order chi connectivity index (χ1) is 19.3. The van der Waals surface area contributed by atoms with Gasteiger partial charge in [-0.15, -0.1) is 0 Å². The largest absolute Gasteiger partial charge is 0.444 e. The summed E-state index contributed by atoms with van der Waals surface area (Å²) < 4.78 is 13.4. The van der Waals surface area contributed by atoms with Crippen molar-refractivity contribution in [1.82, 2.24) is 20.1 Å². The van der Waals surface area contributed by atoms with E-state index in [9.17, 15) is 9.59 Å². The molecule has 0 bridgehead atoms. The second-order valence-electron chi connectivity index (χ2n) is 13.9. The number of rotatable bonds is 13. The Hall–Kier alpha value is -2.72. The Morgan fingerprint density at radius 3 is 2.29 bits per heavy atom. The first kappa shape index (κ1) is 31.2. The minimum absolute atomic E-state index is 0.121. The number of alkyl carbamates (subject to hydrolysis) is 1. The number of nitrogens with zero attached hydrogens (tertiary/aromatic N) is 3. The number of aryl methyl sites for hydroxylation is 1. The maximum atomic E-state index is 13.6. The Labute approximate surface area is 246 Å². The Bertz CT molecular complexity index is 1190. The van der Waals surface area contributed by atoms with Crippen LogP contribution in [0.15, 0.2) is 18.3 Å². The quantitative estimate of drug-likeness (QED) is 0.209. The summed E-state index contributed by atoms with van der Waals surface area (Å²) in [6, 6.07) is 4.26. The van der Waals surface area contributed by atoms with Crippen molar-refractivity contribution in [3.63, 3.8) is 0 Å². The SMILES string of the molecule is CCc1c(-c2ccc(NC(=O)C(NC(=O)OC(C)(C)C)C(C3CC3)C3CC3)nc2)c(C)nn1COCC[Si](C)(C)C. The monoisotopic (exact) mass is 583 g/mol. The van der Waals surface area contributed by atoms with E-state index in [1.807, 2.05) is 44.5 Å². The van der Waals surface area contributed by atoms with E-state index in [2.05, 4.69) is 42.2 Å². The number of carbonyl (C=O) groups is 2. The average Bonchev–Trinajstić information content (AvgIpc) is 3.79. The van der Waals surface area contributed by atoms with Gasteiger partial charge in [0.2, 0.25) is 5.91 Å². The maximum absolute atomic E-state index is 13.6. The number of anilines is 1. The molecule has 2 saturated carbocycles. The van der Waals surface area contributed by atoms with Gasteiger partial charge >= 0.3 is 6.09 Å². The topological polar surface area (TPSA) is 107 Å². The van der Waals surface area contributed by atoms with Gasteiger partial charge in [-0.05, 0) is 95.7 Å². The van der Waals surface area contributed by atoms with Crippen molar-refractivity contribution in [3.05, 3.63) is 29.7 Å². The lowest BCUT2D eigenvalue weighted by Crippen LogP contribution is -2.51. The summed E-state index contributed by atoms with van der Waals surface area (Å²) in [7, 11) is -1.15. The minimum atomic E-state index is -1.15. The number of ether oxygens (including phenoxy) is 2. The van der Waals surface area contributed by atoms with Crippen LogP contribution in [0.4, 0.5) is 10.6 Å². The molecule has 0 saturated heterocycles. The van der Waals surface area contributed by atoms with E-state index >= 15 is 0 Å². The third kappa shape index (κ3) is 8.88. The summed E-state index contributed by atoms with van der Waals surface area (Å²) >= 11 is 0. The second-order valence-corrected chi connectivity index (χ2v) is 19.5. The smallest absolute Gasteiger partial charge is 0.408 e. The predicted octanol–water partition coefficient (Wildman–Crippen LogP) is 6.40. The Balaban J connectivity index is 1.46. The number of carbonyl (C=O) groups excluding carboxylic acids is 2. The number of pyridine rings is 1. The highest BCUT2D eigenvalue weighted by atomic mass is 28.3. The van der Waals surface area contributed by atoms with Crippen molar-refractivity contribution in [1.29, 1.82) is 0 Å². The van der Waals surface area contributed by atoms with Gasteiger partial charge in [0.15, 0.2) is 0 Å². The van der Waals surface area contributed by atoms with Gasteiger partial charge in [0, 0.05) is 37.7 Å². The molecule has 0 aromatic carbocycles. The number of nitrogens with one attached hydrogen (secondary N) is 2. The van der Waals surface area contributed by atoms with Gasteiger partial charge < -0.3 is 20.1 Å². The number of amides is 2. The molecule has 2 N–H and O–H groups in total. The standard InChI is InChI=1S/C31H49N5O4Si/c1-9-24-26(20(2)35-36(24)19-39-16-17-41(6,7)8)23-14-15-25(32-18-23)33-29(37)28(34-30(38)40-31(3,4)5)27(21-10-11-21)22-12-13-22/h14-15,18,21-22,27-28H,9-13,16-17,19H2,1-8H3,(H,34,38)(H,32,33,37). The molecule has 0 aliphatic heterocycles. The van der Waals surface area contributed by atoms with Crippen LogP contribution in [0.1, 0.15) is 64.8 Å². The van der Waals surface area contributed by atoms with Crippen molar-refractivity contribution in [2.45, 2.75) is 111 Å². The van der Waals surface area contributed by atoms with Gasteiger partial charge in [0.25, 0.3) is 0 Å². The number of hydrogen-bond acceptors (Lipinski definition) is 6. The third-order valence-electron chi connectivity index (χ3n) is 7.75. The van der Waals surface area contributed by atoms with Gasteiger partial charge in [0.05, 0.1) is 5.69 Å². The highest BCUT2D eigenvalue weighted by Gasteiger charge is 2.48. The van der Waals surface area contributed by atoms with E-state index in [1.165, 1.54) is 0 Å². The molecule has 1 unspecified atom stereocenters. The molecule has 2 fully saturated rings.